The molecule has 5 nitrogen and oxygen atoms in total. The van der Waals surface area contributed by atoms with Gasteiger partial charge in [-0.1, -0.05) is 17.7 Å². The Morgan fingerprint density at radius 3 is 2.54 bits per heavy atom. The van der Waals surface area contributed by atoms with Gasteiger partial charge < -0.3 is 14.5 Å². The summed E-state index contributed by atoms with van der Waals surface area (Å²) in [4.78, 5) is 24.6. The van der Waals surface area contributed by atoms with Crippen molar-refractivity contribution in [2.75, 3.05) is 5.32 Å². The molecule has 0 aliphatic carbocycles. The molecule has 1 aromatic heterocycles. The van der Waals surface area contributed by atoms with Crippen molar-refractivity contribution in [1.82, 2.24) is 0 Å². The maximum atomic E-state index is 12.4. The molecule has 0 unspecified atom stereocenters. The van der Waals surface area contributed by atoms with Crippen LogP contribution in [0.4, 0.5) is 5.69 Å². The molecule has 1 N–H and O–H groups in total. The van der Waals surface area contributed by atoms with Crippen molar-refractivity contribution in [1.29, 1.82) is 0 Å². The maximum Gasteiger partial charge on any atom is 0.343 e. The summed E-state index contributed by atoms with van der Waals surface area (Å²) in [6.45, 7) is 3.63. The first-order valence-corrected chi connectivity index (χ1v) is 8.25. The number of ether oxygens (including phenoxy) is 1. The fourth-order valence-electron chi connectivity index (χ4n) is 2.36. The molecule has 132 valence electrons. The zero-order chi connectivity index (χ0) is 18.7. The van der Waals surface area contributed by atoms with E-state index in [1.165, 1.54) is 6.26 Å². The molecule has 2 aromatic carbocycles. The topological polar surface area (TPSA) is 68.5 Å². The number of halogens is 1. The Kier molecular flexibility index (Phi) is 5.09. The largest absolute Gasteiger partial charge is 0.459 e. The number of rotatable bonds is 4. The summed E-state index contributed by atoms with van der Waals surface area (Å²) in [6, 6.07) is 13.2. The van der Waals surface area contributed by atoms with Gasteiger partial charge in [0.1, 0.15) is 5.75 Å². The minimum Gasteiger partial charge on any atom is -0.459 e. The van der Waals surface area contributed by atoms with Crippen LogP contribution in [0.15, 0.2) is 59.2 Å². The number of hydrogen-bond donors (Lipinski definition) is 1. The molecule has 0 bridgehead atoms. The molecule has 1 amide bonds. The quantitative estimate of drug-likeness (QED) is 0.517. The smallest absolute Gasteiger partial charge is 0.343 e. The Morgan fingerprint density at radius 1 is 1.04 bits per heavy atom. The van der Waals surface area contributed by atoms with Gasteiger partial charge in [-0.25, -0.2) is 4.79 Å². The summed E-state index contributed by atoms with van der Waals surface area (Å²) >= 11 is 5.91. The first kappa shape index (κ1) is 17.8. The van der Waals surface area contributed by atoms with Crippen LogP contribution in [-0.2, 0) is 0 Å². The Hall–Kier alpha value is -3.05. The van der Waals surface area contributed by atoms with E-state index in [1.54, 1.807) is 55.5 Å². The molecule has 1 heterocycles. The minimum absolute atomic E-state index is 0.189. The van der Waals surface area contributed by atoms with Crippen LogP contribution in [0.2, 0.25) is 5.02 Å². The van der Waals surface area contributed by atoms with Crippen LogP contribution in [-0.4, -0.2) is 11.9 Å². The van der Waals surface area contributed by atoms with E-state index in [1.807, 2.05) is 6.92 Å². The number of anilines is 1. The highest BCUT2D eigenvalue weighted by Gasteiger charge is 2.15. The van der Waals surface area contributed by atoms with E-state index in [0.29, 0.717) is 22.0 Å². The Balaban J connectivity index is 1.80. The molecule has 0 saturated carbocycles. The number of benzene rings is 2. The summed E-state index contributed by atoms with van der Waals surface area (Å²) in [7, 11) is 0. The highest BCUT2D eigenvalue weighted by Crippen LogP contribution is 2.24. The van der Waals surface area contributed by atoms with Crippen molar-refractivity contribution in [2.45, 2.75) is 13.8 Å². The van der Waals surface area contributed by atoms with Crippen molar-refractivity contribution < 1.29 is 18.7 Å². The lowest BCUT2D eigenvalue weighted by molar-refractivity contribution is 0.0733. The molecule has 26 heavy (non-hydrogen) atoms. The standard InChI is InChI=1S/C20H16ClNO4/c1-12-5-6-14(11-16(12)22-19(23)18-4-3-9-25-18)20(24)26-17-8-7-15(21)10-13(17)2/h3-11H,1-2H3,(H,22,23). The van der Waals surface area contributed by atoms with Crippen LogP contribution < -0.4 is 10.1 Å². The predicted molar refractivity (Wildman–Crippen MR) is 99.0 cm³/mol. The third-order valence-corrected chi connectivity index (χ3v) is 4.04. The maximum absolute atomic E-state index is 12.4. The van der Waals surface area contributed by atoms with E-state index in [2.05, 4.69) is 5.32 Å². The number of esters is 1. The summed E-state index contributed by atoms with van der Waals surface area (Å²) in [5, 5.41) is 3.30. The number of furan rings is 1. The van der Waals surface area contributed by atoms with Crippen molar-refractivity contribution in [2.24, 2.45) is 0 Å². The van der Waals surface area contributed by atoms with Crippen molar-refractivity contribution in [3.63, 3.8) is 0 Å². The lowest BCUT2D eigenvalue weighted by Crippen LogP contribution is -2.14. The van der Waals surface area contributed by atoms with Gasteiger partial charge >= 0.3 is 5.97 Å². The third-order valence-electron chi connectivity index (χ3n) is 3.81. The van der Waals surface area contributed by atoms with E-state index in [4.69, 9.17) is 20.8 Å². The molecule has 3 rings (SSSR count). The van der Waals surface area contributed by atoms with Crippen LogP contribution in [0, 0.1) is 13.8 Å². The zero-order valence-corrected chi connectivity index (χ0v) is 15.0. The second-order valence-corrected chi connectivity index (χ2v) is 6.20. The Bertz CT molecular complexity index is 964. The highest BCUT2D eigenvalue weighted by molar-refractivity contribution is 6.30. The number of amides is 1. The molecule has 0 radical (unpaired) electrons. The average Bonchev–Trinajstić information content (AvgIpc) is 3.14. The number of aryl methyl sites for hydroxylation is 2. The summed E-state index contributed by atoms with van der Waals surface area (Å²) in [5.41, 5.74) is 2.39. The van der Waals surface area contributed by atoms with Crippen molar-refractivity contribution >= 4 is 29.2 Å². The normalized spacial score (nSPS) is 10.4. The first-order valence-electron chi connectivity index (χ1n) is 7.88. The molecule has 0 atom stereocenters. The van der Waals surface area contributed by atoms with Gasteiger partial charge in [-0.05, 0) is 67.4 Å². The number of carbonyl (C=O) groups excluding carboxylic acids is 2. The molecule has 3 aromatic rings. The summed E-state index contributed by atoms with van der Waals surface area (Å²) in [6.07, 6.45) is 1.42. The minimum atomic E-state index is -0.524. The number of hydrogen-bond acceptors (Lipinski definition) is 4. The fraction of sp³-hybridized carbons (Fsp3) is 0.100. The molecule has 6 heteroatoms. The van der Waals surface area contributed by atoms with Crippen LogP contribution in [0.1, 0.15) is 32.0 Å². The lowest BCUT2D eigenvalue weighted by Gasteiger charge is -2.11. The van der Waals surface area contributed by atoms with Crippen LogP contribution in [0.3, 0.4) is 0 Å². The van der Waals surface area contributed by atoms with Gasteiger partial charge in [0.25, 0.3) is 5.91 Å². The first-order chi connectivity index (χ1) is 12.4. The molecular formula is C20H16ClNO4. The van der Waals surface area contributed by atoms with Gasteiger partial charge in [-0.2, -0.15) is 0 Å². The van der Waals surface area contributed by atoms with Crippen molar-refractivity contribution in [3.05, 3.63) is 82.3 Å². The second kappa shape index (κ2) is 7.45. The SMILES string of the molecule is Cc1ccc(C(=O)Oc2ccc(Cl)cc2C)cc1NC(=O)c1ccco1. The zero-order valence-electron chi connectivity index (χ0n) is 14.2. The molecular weight excluding hydrogens is 354 g/mol. The van der Waals surface area contributed by atoms with Crippen LogP contribution in [0.5, 0.6) is 5.75 Å². The van der Waals surface area contributed by atoms with E-state index in [-0.39, 0.29) is 5.76 Å². The van der Waals surface area contributed by atoms with Gasteiger partial charge in [0.2, 0.25) is 0 Å². The Morgan fingerprint density at radius 2 is 1.85 bits per heavy atom. The van der Waals surface area contributed by atoms with Gasteiger partial charge in [0, 0.05) is 10.7 Å². The number of nitrogens with one attached hydrogen (secondary N) is 1. The van der Waals surface area contributed by atoms with Gasteiger partial charge in [-0.3, -0.25) is 4.79 Å². The van der Waals surface area contributed by atoms with Crippen LogP contribution >= 0.6 is 11.6 Å². The summed E-state index contributed by atoms with van der Waals surface area (Å²) < 4.78 is 10.5. The van der Waals surface area contributed by atoms with Gasteiger partial charge in [-0.15, -0.1) is 0 Å². The fourth-order valence-corrected chi connectivity index (χ4v) is 2.59. The monoisotopic (exact) mass is 369 g/mol. The molecule has 0 spiro atoms. The van der Waals surface area contributed by atoms with Gasteiger partial charge in [0.15, 0.2) is 5.76 Å². The molecule has 0 saturated heterocycles. The third kappa shape index (κ3) is 3.95. The van der Waals surface area contributed by atoms with Gasteiger partial charge in [0.05, 0.1) is 11.8 Å². The Labute approximate surface area is 155 Å². The predicted octanol–water partition coefficient (Wildman–Crippen LogP) is 5.02. The van der Waals surface area contributed by atoms with E-state index in [9.17, 15) is 9.59 Å². The molecule has 0 fully saturated rings. The van der Waals surface area contributed by atoms with Crippen LogP contribution in [0.25, 0.3) is 0 Å². The van der Waals surface area contributed by atoms with E-state index < -0.39 is 11.9 Å². The lowest BCUT2D eigenvalue weighted by atomic mass is 10.1. The van der Waals surface area contributed by atoms with E-state index >= 15 is 0 Å². The molecule has 0 aliphatic rings. The summed E-state index contributed by atoms with van der Waals surface area (Å²) in [5.74, 6) is -0.295. The average molecular weight is 370 g/mol. The number of carbonyl (C=O) groups is 2. The van der Waals surface area contributed by atoms with E-state index in [0.717, 1.165) is 11.1 Å². The highest BCUT2D eigenvalue weighted by atomic mass is 35.5. The second-order valence-electron chi connectivity index (χ2n) is 5.76. The van der Waals surface area contributed by atoms with Crippen molar-refractivity contribution in [3.8, 4) is 5.75 Å². The molecule has 0 aliphatic heterocycles.